The van der Waals surface area contributed by atoms with Gasteiger partial charge in [0.05, 0.1) is 12.2 Å². The van der Waals surface area contributed by atoms with Gasteiger partial charge in [0, 0.05) is 6.20 Å². The highest BCUT2D eigenvalue weighted by molar-refractivity contribution is 5.85. The molecule has 0 bridgehead atoms. The van der Waals surface area contributed by atoms with Crippen molar-refractivity contribution < 1.29 is 14.7 Å². The van der Waals surface area contributed by atoms with Gasteiger partial charge in [-0.1, -0.05) is 13.3 Å². The number of carbonyl (C=O) groups excluding carboxylic acids is 1. The van der Waals surface area contributed by atoms with Crippen LogP contribution in [-0.4, -0.2) is 32.6 Å². The molecule has 1 atom stereocenters. The van der Waals surface area contributed by atoms with Crippen LogP contribution in [0, 0.1) is 6.92 Å². The number of nitrogens with one attached hydrogen (secondary N) is 2. The molecule has 7 heteroatoms. The van der Waals surface area contributed by atoms with Crippen molar-refractivity contribution in [3.8, 4) is 0 Å². The van der Waals surface area contributed by atoms with Crippen molar-refractivity contribution in [2.75, 3.05) is 0 Å². The van der Waals surface area contributed by atoms with E-state index in [0.717, 1.165) is 0 Å². The van der Waals surface area contributed by atoms with E-state index in [1.165, 1.54) is 6.92 Å². The van der Waals surface area contributed by atoms with E-state index >= 15 is 0 Å². The molecular formula is C13H20N4O3. The zero-order valence-electron chi connectivity index (χ0n) is 11.9. The first-order valence-corrected chi connectivity index (χ1v) is 6.45. The molecule has 1 rings (SSSR count). The molecular weight excluding hydrogens is 260 g/mol. The van der Waals surface area contributed by atoms with Gasteiger partial charge >= 0.3 is 12.0 Å². The predicted octanol–water partition coefficient (Wildman–Crippen LogP) is 1.23. The number of urea groups is 1. The molecule has 1 aromatic heterocycles. The van der Waals surface area contributed by atoms with E-state index in [1.54, 1.807) is 19.2 Å². The maximum Gasteiger partial charge on any atom is 0.329 e. The minimum Gasteiger partial charge on any atom is -0.480 e. The molecule has 0 spiro atoms. The van der Waals surface area contributed by atoms with Crippen molar-refractivity contribution in [2.45, 2.75) is 45.7 Å². The third-order valence-electron chi connectivity index (χ3n) is 2.88. The lowest BCUT2D eigenvalue weighted by atomic mass is 9.97. The number of aromatic nitrogens is 2. The van der Waals surface area contributed by atoms with Gasteiger partial charge in [0.2, 0.25) is 0 Å². The van der Waals surface area contributed by atoms with Crippen molar-refractivity contribution >= 4 is 12.0 Å². The number of nitrogens with zero attached hydrogens (tertiary/aromatic N) is 2. The van der Waals surface area contributed by atoms with Crippen LogP contribution < -0.4 is 10.6 Å². The standard InChI is InChI=1S/C13H20N4O3/c1-4-6-13(3,11(18)19)17-12(20)15-8-10-5-7-14-9(2)16-10/h5,7H,4,6,8H2,1-3H3,(H,18,19)(H2,15,17,20). The highest BCUT2D eigenvalue weighted by atomic mass is 16.4. The summed E-state index contributed by atoms with van der Waals surface area (Å²) in [5.41, 5.74) is -0.597. The van der Waals surface area contributed by atoms with Crippen LogP contribution >= 0.6 is 0 Å². The molecule has 2 amide bonds. The fourth-order valence-corrected chi connectivity index (χ4v) is 1.79. The smallest absolute Gasteiger partial charge is 0.329 e. The van der Waals surface area contributed by atoms with Gasteiger partial charge in [-0.25, -0.2) is 19.6 Å². The predicted molar refractivity (Wildman–Crippen MR) is 73.1 cm³/mol. The lowest BCUT2D eigenvalue weighted by Crippen LogP contribution is -2.55. The molecule has 110 valence electrons. The molecule has 0 aliphatic rings. The quantitative estimate of drug-likeness (QED) is 0.727. The molecule has 7 nitrogen and oxygen atoms in total. The zero-order valence-corrected chi connectivity index (χ0v) is 11.9. The third-order valence-corrected chi connectivity index (χ3v) is 2.88. The van der Waals surface area contributed by atoms with Crippen molar-refractivity contribution in [1.29, 1.82) is 0 Å². The van der Waals surface area contributed by atoms with Crippen molar-refractivity contribution in [3.63, 3.8) is 0 Å². The van der Waals surface area contributed by atoms with Gasteiger partial charge in [-0.15, -0.1) is 0 Å². The van der Waals surface area contributed by atoms with Gasteiger partial charge in [-0.2, -0.15) is 0 Å². The maximum atomic E-state index is 11.8. The summed E-state index contributed by atoms with van der Waals surface area (Å²) in [4.78, 5) is 31.1. The second kappa shape index (κ2) is 6.83. The summed E-state index contributed by atoms with van der Waals surface area (Å²) >= 11 is 0. The van der Waals surface area contributed by atoms with Gasteiger partial charge in [0.15, 0.2) is 0 Å². The van der Waals surface area contributed by atoms with E-state index < -0.39 is 17.5 Å². The molecule has 1 unspecified atom stereocenters. The molecule has 1 aromatic rings. The van der Waals surface area contributed by atoms with Gasteiger partial charge < -0.3 is 15.7 Å². The molecule has 1 heterocycles. The Labute approximate surface area is 117 Å². The number of amides is 2. The fraction of sp³-hybridized carbons (Fsp3) is 0.538. The highest BCUT2D eigenvalue weighted by Gasteiger charge is 2.33. The fourth-order valence-electron chi connectivity index (χ4n) is 1.79. The highest BCUT2D eigenvalue weighted by Crippen LogP contribution is 2.12. The van der Waals surface area contributed by atoms with E-state index in [4.69, 9.17) is 0 Å². The second-order valence-corrected chi connectivity index (χ2v) is 4.79. The molecule has 0 aromatic carbocycles. The van der Waals surface area contributed by atoms with E-state index in [1.807, 2.05) is 6.92 Å². The molecule has 0 saturated heterocycles. The zero-order chi connectivity index (χ0) is 15.2. The minimum atomic E-state index is -1.26. The molecule has 0 aliphatic heterocycles. The molecule has 20 heavy (non-hydrogen) atoms. The first kappa shape index (κ1) is 15.9. The second-order valence-electron chi connectivity index (χ2n) is 4.79. The topological polar surface area (TPSA) is 104 Å². The van der Waals surface area contributed by atoms with E-state index in [-0.39, 0.29) is 6.54 Å². The van der Waals surface area contributed by atoms with Crippen molar-refractivity contribution in [1.82, 2.24) is 20.6 Å². The van der Waals surface area contributed by atoms with Crippen LogP contribution in [0.2, 0.25) is 0 Å². The van der Waals surface area contributed by atoms with Gasteiger partial charge in [-0.3, -0.25) is 0 Å². The van der Waals surface area contributed by atoms with Gasteiger partial charge in [0.25, 0.3) is 0 Å². The van der Waals surface area contributed by atoms with Crippen LogP contribution in [0.25, 0.3) is 0 Å². The number of hydrogen-bond donors (Lipinski definition) is 3. The van der Waals surface area contributed by atoms with Gasteiger partial charge in [-0.05, 0) is 26.3 Å². The van der Waals surface area contributed by atoms with Crippen LogP contribution in [0.3, 0.4) is 0 Å². The number of aryl methyl sites for hydroxylation is 1. The lowest BCUT2D eigenvalue weighted by molar-refractivity contribution is -0.144. The van der Waals surface area contributed by atoms with E-state index in [0.29, 0.717) is 24.4 Å². The first-order chi connectivity index (χ1) is 9.37. The number of carbonyl (C=O) groups is 2. The molecule has 3 N–H and O–H groups in total. The summed E-state index contributed by atoms with van der Waals surface area (Å²) in [6.45, 7) is 5.33. The number of carboxylic acid groups (broad SMARTS) is 1. The Kier molecular flexibility index (Phi) is 5.42. The Balaban J connectivity index is 2.56. The van der Waals surface area contributed by atoms with Crippen molar-refractivity contribution in [3.05, 3.63) is 23.8 Å². The monoisotopic (exact) mass is 280 g/mol. The summed E-state index contributed by atoms with van der Waals surface area (Å²) in [6.07, 6.45) is 2.63. The summed E-state index contributed by atoms with van der Waals surface area (Å²) in [5.74, 6) is -0.432. The average molecular weight is 280 g/mol. The summed E-state index contributed by atoms with van der Waals surface area (Å²) in [5, 5.41) is 14.2. The average Bonchev–Trinajstić information content (AvgIpc) is 2.36. The first-order valence-electron chi connectivity index (χ1n) is 6.45. The molecule has 0 aliphatic carbocycles. The maximum absolute atomic E-state index is 11.8. The van der Waals surface area contributed by atoms with Crippen LogP contribution in [0.15, 0.2) is 12.3 Å². The van der Waals surface area contributed by atoms with Crippen LogP contribution in [0.5, 0.6) is 0 Å². The van der Waals surface area contributed by atoms with Crippen LogP contribution in [-0.2, 0) is 11.3 Å². The molecule has 0 saturated carbocycles. The van der Waals surface area contributed by atoms with Gasteiger partial charge in [0.1, 0.15) is 11.4 Å². The Bertz CT molecular complexity index is 492. The van der Waals surface area contributed by atoms with E-state index in [9.17, 15) is 14.7 Å². The summed E-state index contributed by atoms with van der Waals surface area (Å²) in [7, 11) is 0. The third kappa shape index (κ3) is 4.49. The molecule has 0 radical (unpaired) electrons. The SMILES string of the molecule is CCCC(C)(NC(=O)NCc1ccnc(C)n1)C(=O)O. The summed E-state index contributed by atoms with van der Waals surface area (Å²) in [6, 6.07) is 1.16. The summed E-state index contributed by atoms with van der Waals surface area (Å²) < 4.78 is 0. The number of rotatable bonds is 6. The Hall–Kier alpha value is -2.18. The minimum absolute atomic E-state index is 0.219. The van der Waals surface area contributed by atoms with Crippen LogP contribution in [0.1, 0.15) is 38.2 Å². The largest absolute Gasteiger partial charge is 0.480 e. The Morgan fingerprint density at radius 3 is 2.70 bits per heavy atom. The number of carboxylic acids is 1. The van der Waals surface area contributed by atoms with Crippen LogP contribution in [0.4, 0.5) is 4.79 Å². The Morgan fingerprint density at radius 2 is 2.15 bits per heavy atom. The lowest BCUT2D eigenvalue weighted by Gasteiger charge is -2.25. The molecule has 0 fully saturated rings. The number of aliphatic carboxylic acids is 1. The number of hydrogen-bond acceptors (Lipinski definition) is 4. The van der Waals surface area contributed by atoms with E-state index in [2.05, 4.69) is 20.6 Å². The van der Waals surface area contributed by atoms with Crippen molar-refractivity contribution in [2.24, 2.45) is 0 Å². The Morgan fingerprint density at radius 1 is 1.45 bits per heavy atom. The normalized spacial score (nSPS) is 13.3.